The van der Waals surface area contributed by atoms with Gasteiger partial charge < -0.3 is 14.8 Å². The van der Waals surface area contributed by atoms with Gasteiger partial charge in [0.2, 0.25) is 0 Å². The zero-order valence-corrected chi connectivity index (χ0v) is 24.1. The van der Waals surface area contributed by atoms with Gasteiger partial charge in [-0.1, -0.05) is 35.9 Å². The molecule has 42 heavy (non-hydrogen) atoms. The molecule has 1 amide bonds. The summed E-state index contributed by atoms with van der Waals surface area (Å²) in [6.07, 6.45) is 1.53. The summed E-state index contributed by atoms with van der Waals surface area (Å²) in [5.41, 5.74) is 7.16. The summed E-state index contributed by atoms with van der Waals surface area (Å²) in [6, 6.07) is 26.0. The molecule has 2 N–H and O–H groups in total. The first kappa shape index (κ1) is 28.8. The zero-order chi connectivity index (χ0) is 29.3. The molecule has 5 rings (SSSR count). The van der Waals surface area contributed by atoms with Gasteiger partial charge in [-0.05, 0) is 84.8 Å². The van der Waals surface area contributed by atoms with Gasteiger partial charge in [0.25, 0.3) is 5.91 Å². The molecule has 1 aromatic heterocycles. The number of aromatic nitrogens is 1. The van der Waals surface area contributed by atoms with Crippen molar-refractivity contribution >= 4 is 45.9 Å². The van der Waals surface area contributed by atoms with Crippen molar-refractivity contribution in [2.24, 2.45) is 5.10 Å². The number of hydrazone groups is 1. The van der Waals surface area contributed by atoms with Gasteiger partial charge in [0.05, 0.1) is 18.5 Å². The lowest BCUT2D eigenvalue weighted by Crippen LogP contribution is -2.17. The Balaban J connectivity index is 1.17. The predicted molar refractivity (Wildman–Crippen MR) is 166 cm³/mol. The Kier molecular flexibility index (Phi) is 9.43. The maximum atomic E-state index is 13.1. The number of ether oxygens (including phenoxy) is 2. The minimum absolute atomic E-state index is 0.270. The molecule has 5 aromatic rings. The fourth-order valence-corrected chi connectivity index (χ4v) is 4.74. The maximum Gasteiger partial charge on any atom is 0.271 e. The van der Waals surface area contributed by atoms with E-state index in [1.807, 2.05) is 48.7 Å². The van der Waals surface area contributed by atoms with E-state index >= 15 is 0 Å². The zero-order valence-electron chi connectivity index (χ0n) is 22.5. The first-order valence-corrected chi connectivity index (χ1v) is 14.3. The lowest BCUT2D eigenvalue weighted by molar-refractivity contribution is 0.0955. The summed E-state index contributed by atoms with van der Waals surface area (Å²) < 4.78 is 24.7. The summed E-state index contributed by atoms with van der Waals surface area (Å²) in [5.74, 6) is 0.454. The highest BCUT2D eigenvalue weighted by Gasteiger charge is 2.10. The normalized spacial score (nSPS) is 10.9. The van der Waals surface area contributed by atoms with Crippen LogP contribution in [-0.2, 0) is 6.61 Å². The van der Waals surface area contributed by atoms with E-state index in [2.05, 4.69) is 20.8 Å². The third kappa shape index (κ3) is 7.72. The second-order valence-electron chi connectivity index (χ2n) is 9.00. The van der Waals surface area contributed by atoms with Gasteiger partial charge in [0.1, 0.15) is 12.4 Å². The number of rotatable bonds is 11. The Labute approximate surface area is 251 Å². The summed E-state index contributed by atoms with van der Waals surface area (Å²) >= 11 is 7.43. The Morgan fingerprint density at radius 2 is 1.74 bits per heavy atom. The molecule has 0 radical (unpaired) electrons. The number of nitrogens with zero attached hydrogens (tertiary/aromatic N) is 2. The number of hydrogen-bond donors (Lipinski definition) is 2. The molecular weight excluding hydrogens is 575 g/mol. The van der Waals surface area contributed by atoms with Crippen molar-refractivity contribution in [3.05, 3.63) is 124 Å². The molecule has 0 atom stereocenters. The Morgan fingerprint density at radius 1 is 0.976 bits per heavy atom. The molecule has 0 spiro atoms. The number of halogens is 2. The van der Waals surface area contributed by atoms with E-state index in [4.69, 9.17) is 21.1 Å². The molecule has 1 heterocycles. The van der Waals surface area contributed by atoms with Gasteiger partial charge in [-0.2, -0.15) is 5.10 Å². The van der Waals surface area contributed by atoms with Crippen LogP contribution in [0.15, 0.2) is 101 Å². The van der Waals surface area contributed by atoms with Gasteiger partial charge in [-0.15, -0.1) is 11.3 Å². The summed E-state index contributed by atoms with van der Waals surface area (Å²) in [5, 5.41) is 10.7. The number of thiazole rings is 1. The van der Waals surface area contributed by atoms with Crippen LogP contribution in [0.4, 0.5) is 15.2 Å². The molecule has 7 nitrogen and oxygen atoms in total. The van der Waals surface area contributed by atoms with Crippen molar-refractivity contribution in [3.8, 4) is 22.8 Å². The summed E-state index contributed by atoms with van der Waals surface area (Å²) in [6.45, 7) is 2.59. The van der Waals surface area contributed by atoms with E-state index in [9.17, 15) is 9.18 Å². The highest BCUT2D eigenvalue weighted by molar-refractivity contribution is 7.14. The largest absolute Gasteiger partial charge is 0.490 e. The van der Waals surface area contributed by atoms with Gasteiger partial charge >= 0.3 is 0 Å². The third-order valence-corrected chi connectivity index (χ3v) is 7.01. The monoisotopic (exact) mass is 600 g/mol. The second kappa shape index (κ2) is 13.8. The highest BCUT2D eigenvalue weighted by atomic mass is 35.5. The maximum absolute atomic E-state index is 13.1. The standard InChI is InChI=1S/C32H26ClFN4O3S/c1-2-40-30-17-22(5-16-29(30)41-19-21-3-12-26(34)13-4-21)18-35-38-31(39)24-8-6-23(7-9-24)28-20-42-32(37-28)36-27-14-10-25(33)11-15-27/h3-18,20H,2,19H2,1H3,(H,36,37)(H,38,39)/b35-18-. The van der Waals surface area contributed by atoms with Gasteiger partial charge in [0.15, 0.2) is 16.6 Å². The van der Waals surface area contributed by atoms with E-state index in [0.717, 1.165) is 33.2 Å². The predicted octanol–water partition coefficient (Wildman–Crippen LogP) is 8.09. The third-order valence-electron chi connectivity index (χ3n) is 6.00. The van der Waals surface area contributed by atoms with Crippen LogP contribution in [0.25, 0.3) is 11.3 Å². The first-order chi connectivity index (χ1) is 20.5. The average Bonchev–Trinajstić information content (AvgIpc) is 3.47. The molecule has 0 aliphatic heterocycles. The van der Waals surface area contributed by atoms with Crippen molar-refractivity contribution in [2.45, 2.75) is 13.5 Å². The smallest absolute Gasteiger partial charge is 0.271 e. The van der Waals surface area contributed by atoms with E-state index in [1.54, 1.807) is 42.5 Å². The van der Waals surface area contributed by atoms with Gasteiger partial charge in [0, 0.05) is 27.2 Å². The first-order valence-electron chi connectivity index (χ1n) is 13.0. The second-order valence-corrected chi connectivity index (χ2v) is 10.3. The van der Waals surface area contributed by atoms with Crippen LogP contribution in [-0.4, -0.2) is 23.7 Å². The number of anilines is 2. The number of carbonyl (C=O) groups excluding carboxylic acids is 1. The molecule has 0 bridgehead atoms. The molecule has 0 unspecified atom stereocenters. The van der Waals surface area contributed by atoms with Crippen LogP contribution in [0.2, 0.25) is 5.02 Å². The Bertz CT molecular complexity index is 1670. The van der Waals surface area contributed by atoms with Gasteiger partial charge in [-0.3, -0.25) is 4.79 Å². The topological polar surface area (TPSA) is 84.8 Å². The SMILES string of the molecule is CCOc1cc(/C=N\NC(=O)c2ccc(-c3csc(Nc4ccc(Cl)cc4)n3)cc2)ccc1OCc1ccc(F)cc1. The van der Waals surface area contributed by atoms with Crippen LogP contribution < -0.4 is 20.2 Å². The fourth-order valence-electron chi connectivity index (χ4n) is 3.88. The summed E-state index contributed by atoms with van der Waals surface area (Å²) in [4.78, 5) is 17.3. The van der Waals surface area contributed by atoms with Crippen molar-refractivity contribution in [3.63, 3.8) is 0 Å². The van der Waals surface area contributed by atoms with E-state index in [0.29, 0.717) is 28.7 Å². The minimum atomic E-state index is -0.342. The van der Waals surface area contributed by atoms with Gasteiger partial charge in [-0.25, -0.2) is 14.8 Å². The molecule has 0 fully saturated rings. The van der Waals surface area contributed by atoms with Crippen LogP contribution >= 0.6 is 22.9 Å². The highest BCUT2D eigenvalue weighted by Crippen LogP contribution is 2.30. The lowest BCUT2D eigenvalue weighted by Gasteiger charge is -2.12. The summed E-state index contributed by atoms with van der Waals surface area (Å²) in [7, 11) is 0. The molecule has 0 saturated heterocycles. The number of amides is 1. The molecule has 0 aliphatic carbocycles. The van der Waals surface area contributed by atoms with Crippen LogP contribution in [0.5, 0.6) is 11.5 Å². The molecule has 0 saturated carbocycles. The van der Waals surface area contributed by atoms with Crippen molar-refractivity contribution in [1.82, 2.24) is 10.4 Å². The Morgan fingerprint density at radius 3 is 2.48 bits per heavy atom. The van der Waals surface area contributed by atoms with Crippen LogP contribution in [0.3, 0.4) is 0 Å². The quantitative estimate of drug-likeness (QED) is 0.118. The lowest BCUT2D eigenvalue weighted by atomic mass is 10.1. The number of nitrogens with one attached hydrogen (secondary N) is 2. The van der Waals surface area contributed by atoms with Crippen molar-refractivity contribution in [1.29, 1.82) is 0 Å². The minimum Gasteiger partial charge on any atom is -0.490 e. The van der Waals surface area contributed by atoms with Crippen molar-refractivity contribution < 1.29 is 18.7 Å². The van der Waals surface area contributed by atoms with Crippen LogP contribution in [0.1, 0.15) is 28.4 Å². The number of benzene rings is 4. The fraction of sp³-hybridized carbons (Fsp3) is 0.0938. The van der Waals surface area contributed by atoms with Crippen LogP contribution in [0, 0.1) is 5.82 Å². The van der Waals surface area contributed by atoms with E-state index in [-0.39, 0.29) is 18.3 Å². The van der Waals surface area contributed by atoms with Crippen molar-refractivity contribution in [2.75, 3.05) is 11.9 Å². The molecule has 4 aromatic carbocycles. The van der Waals surface area contributed by atoms with E-state index in [1.165, 1.54) is 29.7 Å². The number of carbonyl (C=O) groups is 1. The van der Waals surface area contributed by atoms with E-state index < -0.39 is 0 Å². The molecule has 10 heteroatoms. The molecular formula is C32H26ClFN4O3S. The average molecular weight is 601 g/mol. The molecule has 0 aliphatic rings. The molecule has 212 valence electrons. The Hall–Kier alpha value is -4.73. The number of hydrogen-bond acceptors (Lipinski definition) is 7.